The standard InChI is InChI=1S/C25H38N8O15/c26-10(7-16(28)35)21(44)30-12(1-4-15(27)34)23(46)32-13(3-6-18(38)39)24(47)33-14(8-19(40)41)25(48)31-11(2-5-17(36)37)22(45)29-9-20(42)43/h10-14H,1-9,26H2,(H2,27,34)(H2,28,35)(H,29,45)(H,30,44)(H,31,48)(H,32,46)(H,33,47)(H,36,37)(H,38,39)(H,40,41)(H,42,43). The Morgan fingerprint density at radius 2 is 0.854 bits per heavy atom. The van der Waals surface area contributed by atoms with Crippen LogP contribution in [0.25, 0.3) is 0 Å². The normalized spacial score (nSPS) is 13.6. The maximum Gasteiger partial charge on any atom is 0.322 e. The second kappa shape index (κ2) is 21.0. The largest absolute Gasteiger partial charge is 0.481 e. The fraction of sp³-hybridized carbons (Fsp3) is 0.560. The van der Waals surface area contributed by atoms with E-state index in [1.807, 2.05) is 16.0 Å². The summed E-state index contributed by atoms with van der Waals surface area (Å²) in [6, 6.07) is -8.72. The highest BCUT2D eigenvalue weighted by atomic mass is 16.4. The van der Waals surface area contributed by atoms with E-state index in [1.54, 1.807) is 0 Å². The van der Waals surface area contributed by atoms with E-state index in [9.17, 15) is 57.8 Å². The van der Waals surface area contributed by atoms with Crippen molar-refractivity contribution in [2.24, 2.45) is 17.2 Å². The van der Waals surface area contributed by atoms with Gasteiger partial charge in [0, 0.05) is 19.3 Å². The molecule has 0 saturated heterocycles. The lowest BCUT2D eigenvalue weighted by molar-refractivity contribution is -0.142. The van der Waals surface area contributed by atoms with Crippen LogP contribution >= 0.6 is 0 Å². The molecule has 0 aliphatic carbocycles. The molecule has 0 aromatic heterocycles. The lowest BCUT2D eigenvalue weighted by Crippen LogP contribution is -2.59. The fourth-order valence-electron chi connectivity index (χ4n) is 3.70. The number of nitrogens with two attached hydrogens (primary N) is 3. The number of hydrogen-bond donors (Lipinski definition) is 12. The molecule has 0 spiro atoms. The third-order valence-electron chi connectivity index (χ3n) is 6.06. The molecule has 23 heteroatoms. The van der Waals surface area contributed by atoms with Crippen molar-refractivity contribution >= 4 is 65.2 Å². The summed E-state index contributed by atoms with van der Waals surface area (Å²) in [5.41, 5.74) is 15.7. The van der Waals surface area contributed by atoms with Gasteiger partial charge in [-0.15, -0.1) is 0 Å². The molecule has 0 heterocycles. The van der Waals surface area contributed by atoms with Gasteiger partial charge in [-0.1, -0.05) is 0 Å². The average molecular weight is 691 g/mol. The average Bonchev–Trinajstić information content (AvgIpc) is 2.96. The van der Waals surface area contributed by atoms with Gasteiger partial charge in [0.1, 0.15) is 30.7 Å². The molecule has 0 radical (unpaired) electrons. The minimum Gasteiger partial charge on any atom is -0.481 e. The fourth-order valence-corrected chi connectivity index (χ4v) is 3.70. The summed E-state index contributed by atoms with van der Waals surface area (Å²) in [5, 5.41) is 46.4. The van der Waals surface area contributed by atoms with E-state index in [0.717, 1.165) is 0 Å². The van der Waals surface area contributed by atoms with Crippen LogP contribution in [0.15, 0.2) is 0 Å². The number of amides is 7. The second-order valence-electron chi connectivity index (χ2n) is 10.1. The molecule has 7 amide bonds. The number of carboxylic acids is 4. The van der Waals surface area contributed by atoms with Gasteiger partial charge in [-0.05, 0) is 19.3 Å². The number of carbonyl (C=O) groups is 11. The Labute approximate surface area is 270 Å². The summed E-state index contributed by atoms with van der Waals surface area (Å²) < 4.78 is 0. The first kappa shape index (κ1) is 42.1. The molecule has 0 saturated carbocycles. The predicted molar refractivity (Wildman–Crippen MR) is 155 cm³/mol. The van der Waals surface area contributed by atoms with E-state index < -0.39 is 153 Å². The first-order valence-corrected chi connectivity index (χ1v) is 13.9. The number of carboxylic acid groups (broad SMARTS) is 4. The molecule has 0 aliphatic rings. The molecule has 5 unspecified atom stereocenters. The van der Waals surface area contributed by atoms with Crippen molar-refractivity contribution in [1.82, 2.24) is 26.6 Å². The van der Waals surface area contributed by atoms with Crippen molar-refractivity contribution in [2.45, 2.75) is 81.6 Å². The van der Waals surface area contributed by atoms with Gasteiger partial charge in [0.15, 0.2) is 0 Å². The Balaban J connectivity index is 6.17. The highest BCUT2D eigenvalue weighted by Gasteiger charge is 2.33. The van der Waals surface area contributed by atoms with Gasteiger partial charge in [0.2, 0.25) is 41.4 Å². The van der Waals surface area contributed by atoms with Gasteiger partial charge in [-0.2, -0.15) is 0 Å². The van der Waals surface area contributed by atoms with Crippen LogP contribution < -0.4 is 43.8 Å². The third-order valence-corrected chi connectivity index (χ3v) is 6.06. The SMILES string of the molecule is NC(=O)CCC(NC(=O)C(N)CC(N)=O)C(=O)NC(CCC(=O)O)C(=O)NC(CC(=O)O)C(=O)NC(CCC(=O)O)C(=O)NCC(=O)O. The Bertz CT molecular complexity index is 1270. The molecular weight excluding hydrogens is 652 g/mol. The molecule has 15 N–H and O–H groups in total. The molecule has 0 aromatic carbocycles. The monoisotopic (exact) mass is 690 g/mol. The minimum atomic E-state index is -2.02. The summed E-state index contributed by atoms with van der Waals surface area (Å²) in [6.45, 7) is -0.920. The van der Waals surface area contributed by atoms with Crippen LogP contribution in [-0.4, -0.2) is 122 Å². The maximum atomic E-state index is 13.2. The Hall–Kier alpha value is -5.87. The summed E-state index contributed by atoms with van der Waals surface area (Å²) in [6.07, 6.45) is -5.44. The summed E-state index contributed by atoms with van der Waals surface area (Å²) >= 11 is 0. The van der Waals surface area contributed by atoms with Crippen molar-refractivity contribution < 1.29 is 73.2 Å². The van der Waals surface area contributed by atoms with Crippen molar-refractivity contribution in [2.75, 3.05) is 6.54 Å². The Kier molecular flexibility index (Phi) is 18.5. The van der Waals surface area contributed by atoms with Crippen molar-refractivity contribution in [1.29, 1.82) is 0 Å². The lowest BCUT2D eigenvalue weighted by atomic mass is 10.0. The summed E-state index contributed by atoms with van der Waals surface area (Å²) in [4.78, 5) is 131. The van der Waals surface area contributed by atoms with Gasteiger partial charge in [-0.3, -0.25) is 52.7 Å². The number of rotatable bonds is 24. The van der Waals surface area contributed by atoms with Crippen LogP contribution in [-0.2, 0) is 52.7 Å². The van der Waals surface area contributed by atoms with E-state index in [4.69, 9.17) is 32.5 Å². The number of primary amides is 2. The predicted octanol–water partition coefficient (Wildman–Crippen LogP) is -6.20. The number of carbonyl (C=O) groups excluding carboxylic acids is 7. The second-order valence-corrected chi connectivity index (χ2v) is 10.1. The molecule has 0 aliphatic heterocycles. The number of aliphatic carboxylic acids is 4. The number of nitrogens with one attached hydrogen (secondary N) is 5. The smallest absolute Gasteiger partial charge is 0.322 e. The zero-order valence-electron chi connectivity index (χ0n) is 25.3. The third kappa shape index (κ3) is 18.2. The van der Waals surface area contributed by atoms with Gasteiger partial charge in [0.25, 0.3) is 0 Å². The van der Waals surface area contributed by atoms with E-state index in [-0.39, 0.29) is 0 Å². The van der Waals surface area contributed by atoms with Crippen LogP contribution in [0.5, 0.6) is 0 Å². The molecular formula is C25H38N8O15. The molecule has 268 valence electrons. The zero-order chi connectivity index (χ0) is 37.1. The van der Waals surface area contributed by atoms with E-state index in [0.29, 0.717) is 0 Å². The Morgan fingerprint density at radius 3 is 1.25 bits per heavy atom. The highest BCUT2D eigenvalue weighted by Crippen LogP contribution is 2.06. The molecule has 48 heavy (non-hydrogen) atoms. The van der Waals surface area contributed by atoms with Crippen molar-refractivity contribution in [3.63, 3.8) is 0 Å². The molecule has 5 atom stereocenters. The van der Waals surface area contributed by atoms with Crippen LogP contribution in [0.1, 0.15) is 51.4 Å². The summed E-state index contributed by atoms with van der Waals surface area (Å²) in [5.74, 6) is -14.0. The molecule has 0 bridgehead atoms. The zero-order valence-corrected chi connectivity index (χ0v) is 25.3. The van der Waals surface area contributed by atoms with Crippen LogP contribution in [0, 0.1) is 0 Å². The van der Waals surface area contributed by atoms with Crippen molar-refractivity contribution in [3.8, 4) is 0 Å². The number of hydrogen-bond acceptors (Lipinski definition) is 12. The van der Waals surface area contributed by atoms with Crippen LogP contribution in [0.3, 0.4) is 0 Å². The maximum absolute atomic E-state index is 13.2. The molecule has 0 rings (SSSR count). The topological polar surface area (TPSA) is 407 Å². The van der Waals surface area contributed by atoms with Crippen LogP contribution in [0.4, 0.5) is 0 Å². The molecule has 0 aromatic rings. The minimum absolute atomic E-state index is 0.463. The lowest BCUT2D eigenvalue weighted by Gasteiger charge is -2.26. The molecule has 0 fully saturated rings. The van der Waals surface area contributed by atoms with Gasteiger partial charge >= 0.3 is 23.9 Å². The highest BCUT2D eigenvalue weighted by molar-refractivity contribution is 5.98. The molecule has 23 nitrogen and oxygen atoms in total. The summed E-state index contributed by atoms with van der Waals surface area (Å²) in [7, 11) is 0. The first-order valence-electron chi connectivity index (χ1n) is 13.9. The first-order chi connectivity index (χ1) is 22.2. The van der Waals surface area contributed by atoms with Gasteiger partial charge in [0.05, 0.1) is 18.9 Å². The Morgan fingerprint density at radius 1 is 0.458 bits per heavy atom. The van der Waals surface area contributed by atoms with Gasteiger partial charge in [-0.25, -0.2) is 0 Å². The van der Waals surface area contributed by atoms with Crippen molar-refractivity contribution in [3.05, 3.63) is 0 Å². The van der Waals surface area contributed by atoms with E-state index >= 15 is 0 Å². The van der Waals surface area contributed by atoms with E-state index in [2.05, 4.69) is 10.6 Å². The van der Waals surface area contributed by atoms with Crippen LogP contribution in [0.2, 0.25) is 0 Å². The quantitative estimate of drug-likeness (QED) is 0.0448. The van der Waals surface area contributed by atoms with Gasteiger partial charge < -0.3 is 64.2 Å². The van der Waals surface area contributed by atoms with E-state index in [1.165, 1.54) is 0 Å².